The van der Waals surface area contributed by atoms with Crippen LogP contribution in [0.4, 0.5) is 0 Å². The van der Waals surface area contributed by atoms with Crippen molar-refractivity contribution in [3.8, 4) is 0 Å². The monoisotopic (exact) mass is 463 g/mol. The molecule has 1 aromatic carbocycles. The van der Waals surface area contributed by atoms with E-state index in [1.807, 2.05) is 18.7 Å². The molecule has 0 bridgehead atoms. The lowest BCUT2D eigenvalue weighted by atomic mass is 10.1. The molecule has 0 aliphatic carbocycles. The normalized spacial score (nSPS) is 12.3. The Morgan fingerprint density at radius 1 is 0.875 bits per heavy atom. The molecule has 0 spiro atoms. The molecule has 6 heteroatoms. The SMILES string of the molecule is CCCCCCCCCCCOC(=O)C(=CC=CN(CC)CC)S(=O)(=O)c1ccccc1. The fraction of sp³-hybridized carbons (Fsp3) is 0.577. The zero-order valence-corrected chi connectivity index (χ0v) is 20.9. The quantitative estimate of drug-likeness (QED) is 0.118. The first kappa shape index (κ1) is 28.0. The van der Waals surface area contributed by atoms with Gasteiger partial charge in [-0.05, 0) is 50.8 Å². The van der Waals surface area contributed by atoms with Gasteiger partial charge in [0, 0.05) is 13.1 Å². The van der Waals surface area contributed by atoms with E-state index in [9.17, 15) is 13.2 Å². The summed E-state index contributed by atoms with van der Waals surface area (Å²) in [5, 5.41) is 0. The number of benzene rings is 1. The molecule has 0 aliphatic heterocycles. The van der Waals surface area contributed by atoms with E-state index >= 15 is 0 Å². The first-order chi connectivity index (χ1) is 15.5. The molecule has 0 amide bonds. The molecule has 180 valence electrons. The fourth-order valence-electron chi connectivity index (χ4n) is 3.33. The second-order valence-corrected chi connectivity index (χ2v) is 9.79. The summed E-state index contributed by atoms with van der Waals surface area (Å²) in [6.45, 7) is 8.07. The van der Waals surface area contributed by atoms with E-state index in [0.717, 1.165) is 32.4 Å². The van der Waals surface area contributed by atoms with Gasteiger partial charge in [0.25, 0.3) is 0 Å². The van der Waals surface area contributed by atoms with Crippen LogP contribution in [0.2, 0.25) is 0 Å². The number of carbonyl (C=O) groups excluding carboxylic acids is 1. The molecule has 32 heavy (non-hydrogen) atoms. The summed E-state index contributed by atoms with van der Waals surface area (Å²) in [7, 11) is -3.96. The Hall–Kier alpha value is -2.08. The van der Waals surface area contributed by atoms with Gasteiger partial charge in [0.15, 0.2) is 4.91 Å². The highest BCUT2D eigenvalue weighted by atomic mass is 32.2. The predicted octanol–water partition coefficient (Wildman–Crippen LogP) is 6.27. The second kappa shape index (κ2) is 16.5. The summed E-state index contributed by atoms with van der Waals surface area (Å²) >= 11 is 0. The molecule has 0 fully saturated rings. The molecular weight excluding hydrogens is 422 g/mol. The van der Waals surface area contributed by atoms with E-state index < -0.39 is 15.8 Å². The number of allylic oxidation sites excluding steroid dienone is 2. The summed E-state index contributed by atoms with van der Waals surface area (Å²) < 4.78 is 31.5. The molecule has 0 saturated heterocycles. The Kier molecular flexibility index (Phi) is 14.4. The smallest absolute Gasteiger partial charge is 0.350 e. The molecule has 0 aromatic heterocycles. The maximum Gasteiger partial charge on any atom is 0.350 e. The minimum atomic E-state index is -3.96. The van der Waals surface area contributed by atoms with Crippen molar-refractivity contribution in [2.45, 2.75) is 83.5 Å². The minimum Gasteiger partial charge on any atom is -0.462 e. The molecule has 0 radical (unpaired) electrons. The van der Waals surface area contributed by atoms with Gasteiger partial charge >= 0.3 is 5.97 Å². The van der Waals surface area contributed by atoms with Gasteiger partial charge in [0.05, 0.1) is 11.5 Å². The lowest BCUT2D eigenvalue weighted by Crippen LogP contribution is -2.18. The number of rotatable bonds is 17. The van der Waals surface area contributed by atoms with Crippen LogP contribution in [-0.2, 0) is 19.4 Å². The second-order valence-electron chi connectivity index (χ2n) is 7.87. The molecule has 0 heterocycles. The van der Waals surface area contributed by atoms with Crippen molar-refractivity contribution < 1.29 is 17.9 Å². The van der Waals surface area contributed by atoms with Crippen molar-refractivity contribution in [1.82, 2.24) is 4.90 Å². The largest absolute Gasteiger partial charge is 0.462 e. The molecule has 0 N–H and O–H groups in total. The summed E-state index contributed by atoms with van der Waals surface area (Å²) in [5.41, 5.74) is 0. The van der Waals surface area contributed by atoms with E-state index in [-0.39, 0.29) is 16.4 Å². The van der Waals surface area contributed by atoms with E-state index in [1.54, 1.807) is 30.5 Å². The van der Waals surface area contributed by atoms with Crippen LogP contribution in [-0.4, -0.2) is 39.0 Å². The molecule has 0 atom stereocenters. The van der Waals surface area contributed by atoms with Crippen LogP contribution in [0.25, 0.3) is 0 Å². The van der Waals surface area contributed by atoms with E-state index in [2.05, 4.69) is 6.92 Å². The van der Waals surface area contributed by atoms with Crippen LogP contribution in [0, 0.1) is 0 Å². The Labute approximate surface area is 195 Å². The highest BCUT2D eigenvalue weighted by Crippen LogP contribution is 2.21. The van der Waals surface area contributed by atoms with Crippen LogP contribution in [0.1, 0.15) is 78.6 Å². The van der Waals surface area contributed by atoms with Gasteiger partial charge < -0.3 is 9.64 Å². The average molecular weight is 464 g/mol. The zero-order valence-electron chi connectivity index (χ0n) is 20.1. The number of sulfone groups is 1. The highest BCUT2D eigenvalue weighted by Gasteiger charge is 2.27. The van der Waals surface area contributed by atoms with Crippen LogP contribution >= 0.6 is 0 Å². The van der Waals surface area contributed by atoms with Crippen molar-refractivity contribution in [2.75, 3.05) is 19.7 Å². The summed E-state index contributed by atoms with van der Waals surface area (Å²) in [4.78, 5) is 14.5. The fourth-order valence-corrected chi connectivity index (χ4v) is 4.63. The molecule has 1 rings (SSSR count). The number of ether oxygens (including phenoxy) is 1. The first-order valence-electron chi connectivity index (χ1n) is 12.1. The zero-order chi connectivity index (χ0) is 23.7. The molecule has 5 nitrogen and oxygen atoms in total. The maximum absolute atomic E-state index is 13.1. The lowest BCUT2D eigenvalue weighted by molar-refractivity contribution is -0.138. The highest BCUT2D eigenvalue weighted by molar-refractivity contribution is 7.96. The van der Waals surface area contributed by atoms with Crippen LogP contribution in [0.5, 0.6) is 0 Å². The maximum atomic E-state index is 13.1. The van der Waals surface area contributed by atoms with Crippen LogP contribution in [0.3, 0.4) is 0 Å². The number of carbonyl (C=O) groups is 1. The van der Waals surface area contributed by atoms with Gasteiger partial charge in [-0.3, -0.25) is 0 Å². The summed E-state index contributed by atoms with van der Waals surface area (Å²) in [5.74, 6) is -0.794. The number of hydrogen-bond donors (Lipinski definition) is 0. The van der Waals surface area contributed by atoms with E-state index in [1.165, 1.54) is 56.7 Å². The van der Waals surface area contributed by atoms with Crippen molar-refractivity contribution in [1.29, 1.82) is 0 Å². The van der Waals surface area contributed by atoms with Crippen molar-refractivity contribution in [3.05, 3.63) is 53.6 Å². The molecule has 0 aliphatic rings. The van der Waals surface area contributed by atoms with Gasteiger partial charge in [0.1, 0.15) is 0 Å². The molecular formula is C26H41NO4S. The van der Waals surface area contributed by atoms with Gasteiger partial charge in [-0.15, -0.1) is 0 Å². The Balaban J connectivity index is 2.68. The Bertz CT molecular complexity index is 796. The van der Waals surface area contributed by atoms with Gasteiger partial charge in [0.2, 0.25) is 9.84 Å². The van der Waals surface area contributed by atoms with Crippen molar-refractivity contribution in [3.63, 3.8) is 0 Å². The number of nitrogens with zero attached hydrogens (tertiary/aromatic N) is 1. The van der Waals surface area contributed by atoms with E-state index in [0.29, 0.717) is 0 Å². The third kappa shape index (κ3) is 10.5. The Morgan fingerprint density at radius 3 is 2.00 bits per heavy atom. The molecule has 1 aromatic rings. The lowest BCUT2D eigenvalue weighted by Gasteiger charge is -2.14. The van der Waals surface area contributed by atoms with E-state index in [4.69, 9.17) is 4.74 Å². The Morgan fingerprint density at radius 2 is 1.44 bits per heavy atom. The van der Waals surface area contributed by atoms with Gasteiger partial charge in [-0.2, -0.15) is 0 Å². The number of esters is 1. The summed E-state index contributed by atoms with van der Waals surface area (Å²) in [6, 6.07) is 8.01. The number of unbranched alkanes of at least 4 members (excludes halogenated alkanes) is 8. The van der Waals surface area contributed by atoms with Gasteiger partial charge in [-0.25, -0.2) is 13.2 Å². The first-order valence-corrected chi connectivity index (χ1v) is 13.5. The minimum absolute atomic E-state index is 0.0857. The molecule has 0 unspecified atom stereocenters. The third-order valence-electron chi connectivity index (χ3n) is 5.38. The summed E-state index contributed by atoms with van der Waals surface area (Å²) in [6.07, 6.45) is 15.2. The number of hydrogen-bond acceptors (Lipinski definition) is 5. The third-order valence-corrected chi connectivity index (χ3v) is 7.16. The molecule has 0 saturated carbocycles. The topological polar surface area (TPSA) is 63.7 Å². The van der Waals surface area contributed by atoms with Crippen LogP contribution < -0.4 is 0 Å². The van der Waals surface area contributed by atoms with Crippen LogP contribution in [0.15, 0.2) is 58.5 Å². The average Bonchev–Trinajstić information content (AvgIpc) is 2.80. The van der Waals surface area contributed by atoms with Crippen molar-refractivity contribution >= 4 is 15.8 Å². The van der Waals surface area contributed by atoms with Crippen molar-refractivity contribution in [2.24, 2.45) is 0 Å². The predicted molar refractivity (Wildman–Crippen MR) is 132 cm³/mol. The van der Waals surface area contributed by atoms with Gasteiger partial charge in [-0.1, -0.05) is 76.5 Å². The standard InChI is InChI=1S/C26H41NO4S/c1-4-7-8-9-10-11-12-13-17-23-31-26(28)25(21-18-22-27(5-2)6-3)32(29,30)24-19-15-14-16-20-24/h14-16,18-22H,4-13,17,23H2,1-3H3.